The van der Waals surface area contributed by atoms with Gasteiger partial charge in [-0.3, -0.25) is 14.5 Å². The molecule has 1 amide bonds. The third kappa shape index (κ3) is 2.29. The summed E-state index contributed by atoms with van der Waals surface area (Å²) in [6, 6.07) is 14.5. The van der Waals surface area contributed by atoms with Crippen LogP contribution in [-0.4, -0.2) is 18.8 Å². The number of hydrogen-bond acceptors (Lipinski definition) is 3. The highest BCUT2D eigenvalue weighted by Crippen LogP contribution is 2.35. The summed E-state index contributed by atoms with van der Waals surface area (Å²) in [6.07, 6.45) is 1.73. The summed E-state index contributed by atoms with van der Waals surface area (Å²) < 4.78 is 5.12. The van der Waals surface area contributed by atoms with Gasteiger partial charge in [-0.15, -0.1) is 0 Å². The van der Waals surface area contributed by atoms with Crippen LogP contribution in [0.15, 0.2) is 54.2 Å². The highest BCUT2D eigenvalue weighted by atomic mass is 16.5. The molecule has 0 fully saturated rings. The number of rotatable bonds is 2. The first kappa shape index (κ1) is 14.1. The van der Waals surface area contributed by atoms with Gasteiger partial charge in [-0.25, -0.2) is 0 Å². The van der Waals surface area contributed by atoms with Crippen molar-refractivity contribution in [3.8, 4) is 5.75 Å². The third-order valence-electron chi connectivity index (χ3n) is 3.60. The molecule has 0 spiro atoms. The zero-order valence-corrected chi connectivity index (χ0v) is 12.4. The summed E-state index contributed by atoms with van der Waals surface area (Å²) in [5.41, 5.74) is 2.40. The Morgan fingerprint density at radius 3 is 2.41 bits per heavy atom. The number of carbonyl (C=O) groups excluding carboxylic acids is 2. The van der Waals surface area contributed by atoms with Gasteiger partial charge in [-0.2, -0.15) is 0 Å². The Hall–Kier alpha value is -2.88. The molecule has 0 aliphatic carbocycles. The lowest BCUT2D eigenvalue weighted by Gasteiger charge is -2.16. The third-order valence-corrected chi connectivity index (χ3v) is 3.60. The molecule has 0 saturated heterocycles. The van der Waals surface area contributed by atoms with Crippen LogP contribution in [0.3, 0.4) is 0 Å². The molecule has 0 unspecified atom stereocenters. The van der Waals surface area contributed by atoms with Gasteiger partial charge in [0.2, 0.25) is 11.7 Å². The zero-order chi connectivity index (χ0) is 15.7. The number of allylic oxidation sites excluding steroid dienone is 1. The van der Waals surface area contributed by atoms with Gasteiger partial charge in [0.25, 0.3) is 0 Å². The number of amides is 1. The summed E-state index contributed by atoms with van der Waals surface area (Å²) in [7, 11) is 1.60. The lowest BCUT2D eigenvalue weighted by atomic mass is 10.1. The molecular formula is C18H15NO3. The normalized spacial score (nSPS) is 15.1. The molecule has 3 rings (SSSR count). The van der Waals surface area contributed by atoms with Gasteiger partial charge in [0, 0.05) is 12.5 Å². The van der Waals surface area contributed by atoms with Crippen LogP contribution in [0.5, 0.6) is 5.75 Å². The van der Waals surface area contributed by atoms with Crippen molar-refractivity contribution in [1.82, 2.24) is 0 Å². The molecule has 2 aromatic carbocycles. The maximum absolute atomic E-state index is 12.6. The van der Waals surface area contributed by atoms with E-state index in [9.17, 15) is 9.59 Å². The predicted octanol–water partition coefficient (Wildman–Crippen LogP) is 3.29. The van der Waals surface area contributed by atoms with E-state index in [2.05, 4.69) is 0 Å². The molecule has 110 valence electrons. The largest absolute Gasteiger partial charge is 0.497 e. The summed E-state index contributed by atoms with van der Waals surface area (Å²) in [6.45, 7) is 1.46. The minimum Gasteiger partial charge on any atom is -0.497 e. The van der Waals surface area contributed by atoms with Gasteiger partial charge < -0.3 is 4.74 Å². The molecule has 1 aliphatic rings. The first-order valence-corrected chi connectivity index (χ1v) is 6.92. The average Bonchev–Trinajstić information content (AvgIpc) is 2.81. The number of fused-ring (bicyclic) bond motifs is 1. The number of hydrogen-bond donors (Lipinski definition) is 0. The summed E-state index contributed by atoms with van der Waals surface area (Å²) >= 11 is 0. The van der Waals surface area contributed by atoms with E-state index in [1.54, 1.807) is 31.4 Å². The van der Waals surface area contributed by atoms with Crippen LogP contribution in [0.1, 0.15) is 22.8 Å². The Bertz CT molecular complexity index is 775. The molecule has 0 N–H and O–H groups in total. The van der Waals surface area contributed by atoms with Crippen LogP contribution >= 0.6 is 0 Å². The fourth-order valence-electron chi connectivity index (χ4n) is 2.56. The van der Waals surface area contributed by atoms with E-state index >= 15 is 0 Å². The van der Waals surface area contributed by atoms with E-state index in [-0.39, 0.29) is 11.7 Å². The smallest absolute Gasteiger partial charge is 0.228 e. The van der Waals surface area contributed by atoms with Gasteiger partial charge >= 0.3 is 0 Å². The number of para-hydroxylation sites is 1. The van der Waals surface area contributed by atoms with Crippen molar-refractivity contribution in [1.29, 1.82) is 0 Å². The lowest BCUT2D eigenvalue weighted by Crippen LogP contribution is -2.25. The standard InChI is InChI=1S/C18H15NO3/c1-12(20)19-16-6-4-3-5-15(16)18(21)17(19)11-13-7-9-14(22-2)10-8-13/h3-11H,1-2H3/b17-11-. The Kier molecular flexibility index (Phi) is 3.51. The van der Waals surface area contributed by atoms with Crippen LogP contribution in [0.2, 0.25) is 0 Å². The first-order valence-electron chi connectivity index (χ1n) is 6.92. The molecule has 1 aliphatic heterocycles. The molecule has 4 nitrogen and oxygen atoms in total. The highest BCUT2D eigenvalue weighted by molar-refractivity contribution is 6.26. The van der Waals surface area contributed by atoms with Gasteiger partial charge in [0.15, 0.2) is 0 Å². The van der Waals surface area contributed by atoms with Gasteiger partial charge in [0.05, 0.1) is 18.5 Å². The van der Waals surface area contributed by atoms with Crippen LogP contribution < -0.4 is 9.64 Å². The quantitative estimate of drug-likeness (QED) is 0.798. The topological polar surface area (TPSA) is 46.6 Å². The van der Waals surface area contributed by atoms with Crippen molar-refractivity contribution in [3.05, 3.63) is 65.4 Å². The molecule has 22 heavy (non-hydrogen) atoms. The monoisotopic (exact) mass is 293 g/mol. The summed E-state index contributed by atoms with van der Waals surface area (Å²) in [4.78, 5) is 26.0. The van der Waals surface area contributed by atoms with E-state index < -0.39 is 0 Å². The number of anilines is 1. The molecule has 4 heteroatoms. The maximum Gasteiger partial charge on any atom is 0.228 e. The van der Waals surface area contributed by atoms with Gasteiger partial charge in [-0.1, -0.05) is 24.3 Å². The fraction of sp³-hybridized carbons (Fsp3) is 0.111. The molecule has 0 saturated carbocycles. The second kappa shape index (κ2) is 5.48. The number of nitrogens with zero attached hydrogens (tertiary/aromatic N) is 1. The average molecular weight is 293 g/mol. The highest BCUT2D eigenvalue weighted by Gasteiger charge is 2.34. The van der Waals surface area contributed by atoms with E-state index in [1.165, 1.54) is 11.8 Å². The van der Waals surface area contributed by atoms with E-state index in [4.69, 9.17) is 4.74 Å². The Morgan fingerprint density at radius 2 is 1.77 bits per heavy atom. The van der Waals surface area contributed by atoms with E-state index in [0.29, 0.717) is 16.9 Å². The number of carbonyl (C=O) groups is 2. The summed E-state index contributed by atoms with van der Waals surface area (Å²) in [5.74, 6) is 0.422. The minimum atomic E-state index is -0.182. The Labute approximate surface area is 128 Å². The molecule has 0 bridgehead atoms. The maximum atomic E-state index is 12.6. The Balaban J connectivity index is 2.07. The van der Waals surface area contributed by atoms with Crippen molar-refractivity contribution in [3.63, 3.8) is 0 Å². The fourth-order valence-corrected chi connectivity index (χ4v) is 2.56. The van der Waals surface area contributed by atoms with E-state index in [0.717, 1.165) is 11.3 Å². The lowest BCUT2D eigenvalue weighted by molar-refractivity contribution is -0.116. The Morgan fingerprint density at radius 1 is 1.09 bits per heavy atom. The molecule has 0 radical (unpaired) electrons. The van der Waals surface area contributed by atoms with Gasteiger partial charge in [0.1, 0.15) is 5.75 Å². The molecule has 0 atom stereocenters. The van der Waals surface area contributed by atoms with Crippen molar-refractivity contribution in [2.75, 3.05) is 12.0 Å². The van der Waals surface area contributed by atoms with Crippen LogP contribution in [0.4, 0.5) is 5.69 Å². The zero-order valence-electron chi connectivity index (χ0n) is 12.4. The van der Waals surface area contributed by atoms with Crippen LogP contribution in [0.25, 0.3) is 6.08 Å². The molecule has 1 heterocycles. The van der Waals surface area contributed by atoms with Crippen LogP contribution in [-0.2, 0) is 4.79 Å². The molecular weight excluding hydrogens is 278 g/mol. The number of methoxy groups -OCH3 is 1. The second-order valence-electron chi connectivity index (χ2n) is 5.00. The number of ketones is 1. The van der Waals surface area contributed by atoms with Crippen molar-refractivity contribution < 1.29 is 14.3 Å². The molecule has 2 aromatic rings. The predicted molar refractivity (Wildman–Crippen MR) is 84.9 cm³/mol. The second-order valence-corrected chi connectivity index (χ2v) is 5.00. The van der Waals surface area contributed by atoms with Crippen molar-refractivity contribution in [2.24, 2.45) is 0 Å². The van der Waals surface area contributed by atoms with Crippen molar-refractivity contribution in [2.45, 2.75) is 6.92 Å². The van der Waals surface area contributed by atoms with Gasteiger partial charge in [-0.05, 0) is 35.9 Å². The van der Waals surface area contributed by atoms with Crippen molar-refractivity contribution >= 4 is 23.5 Å². The first-order chi connectivity index (χ1) is 10.6. The molecule has 0 aromatic heterocycles. The number of Topliss-reactive ketones (excluding diaryl/α,β-unsaturated/α-hetero) is 1. The number of benzene rings is 2. The SMILES string of the molecule is COc1ccc(/C=C2/C(=O)c3ccccc3N2C(C)=O)cc1. The van der Waals surface area contributed by atoms with Crippen LogP contribution in [0, 0.1) is 0 Å². The summed E-state index contributed by atoms with van der Waals surface area (Å²) in [5, 5.41) is 0. The number of ether oxygens (including phenoxy) is 1. The minimum absolute atomic E-state index is 0.137. The van der Waals surface area contributed by atoms with E-state index in [1.807, 2.05) is 30.3 Å².